The minimum absolute atomic E-state index is 0.838. The zero-order chi connectivity index (χ0) is 14.9. The molecule has 0 radical (unpaired) electrons. The normalized spacial score (nSPS) is 11.0. The Labute approximate surface area is 128 Å². The summed E-state index contributed by atoms with van der Waals surface area (Å²) in [5.41, 5.74) is 6.32. The summed E-state index contributed by atoms with van der Waals surface area (Å²) in [7, 11) is 0. The van der Waals surface area contributed by atoms with Gasteiger partial charge in [-0.1, -0.05) is 29.8 Å². The van der Waals surface area contributed by atoms with Crippen molar-refractivity contribution < 1.29 is 0 Å². The van der Waals surface area contributed by atoms with E-state index in [4.69, 9.17) is 0 Å². The number of pyridine rings is 2. The summed E-state index contributed by atoms with van der Waals surface area (Å²) < 4.78 is 1.78. The molecule has 0 aliphatic rings. The number of nitrogens with zero attached hydrogens (tertiary/aromatic N) is 4. The van der Waals surface area contributed by atoms with Crippen LogP contribution in [0.25, 0.3) is 28.0 Å². The molecule has 3 aromatic heterocycles. The molecule has 4 nitrogen and oxygen atoms in total. The van der Waals surface area contributed by atoms with Crippen molar-refractivity contribution in [2.24, 2.45) is 0 Å². The minimum atomic E-state index is 0.838. The van der Waals surface area contributed by atoms with Gasteiger partial charge in [0.2, 0.25) is 0 Å². The van der Waals surface area contributed by atoms with Crippen LogP contribution in [0.1, 0.15) is 5.56 Å². The Morgan fingerprint density at radius 3 is 2.77 bits per heavy atom. The summed E-state index contributed by atoms with van der Waals surface area (Å²) in [6.07, 6.45) is 5.37. The van der Waals surface area contributed by atoms with E-state index in [1.165, 1.54) is 5.56 Å². The summed E-state index contributed by atoms with van der Waals surface area (Å²) in [6.45, 7) is 2.09. The highest BCUT2D eigenvalue weighted by Gasteiger charge is 2.09. The first kappa shape index (κ1) is 12.7. The van der Waals surface area contributed by atoms with Crippen LogP contribution >= 0.6 is 0 Å². The molecule has 4 aromatic rings. The first-order chi connectivity index (χ1) is 10.8. The van der Waals surface area contributed by atoms with Crippen molar-refractivity contribution in [2.45, 2.75) is 6.92 Å². The topological polar surface area (TPSA) is 43.1 Å². The molecule has 0 amide bonds. The first-order valence-electron chi connectivity index (χ1n) is 7.13. The number of fused-ring (bicyclic) bond motifs is 1. The third kappa shape index (κ3) is 2.15. The van der Waals surface area contributed by atoms with Crippen LogP contribution in [0.4, 0.5) is 0 Å². The molecule has 0 atom stereocenters. The molecule has 0 bridgehead atoms. The number of hydrogen-bond donors (Lipinski definition) is 0. The molecule has 1 aromatic carbocycles. The summed E-state index contributed by atoms with van der Waals surface area (Å²) in [4.78, 5) is 8.77. The average molecular weight is 286 g/mol. The van der Waals surface area contributed by atoms with Crippen molar-refractivity contribution in [3.63, 3.8) is 0 Å². The predicted octanol–water partition coefficient (Wildman–Crippen LogP) is 3.77. The third-order valence-corrected chi connectivity index (χ3v) is 3.68. The monoisotopic (exact) mass is 286 g/mol. The predicted molar refractivity (Wildman–Crippen MR) is 86.4 cm³/mol. The Hall–Kier alpha value is -3.01. The van der Waals surface area contributed by atoms with Crippen molar-refractivity contribution in [3.05, 3.63) is 72.8 Å². The van der Waals surface area contributed by atoms with Gasteiger partial charge in [-0.15, -0.1) is 0 Å². The van der Waals surface area contributed by atoms with E-state index in [1.807, 2.05) is 24.5 Å². The van der Waals surface area contributed by atoms with Gasteiger partial charge in [-0.3, -0.25) is 4.98 Å². The molecule has 4 heteroatoms. The van der Waals surface area contributed by atoms with E-state index in [9.17, 15) is 0 Å². The minimum Gasteiger partial charge on any atom is -0.256 e. The van der Waals surface area contributed by atoms with Crippen molar-refractivity contribution in [1.82, 2.24) is 19.6 Å². The summed E-state index contributed by atoms with van der Waals surface area (Å²) in [5, 5.41) is 4.21. The highest BCUT2D eigenvalue weighted by Crippen LogP contribution is 2.30. The van der Waals surface area contributed by atoms with E-state index in [2.05, 4.69) is 58.4 Å². The molecule has 3 heterocycles. The van der Waals surface area contributed by atoms with Crippen molar-refractivity contribution in [1.29, 1.82) is 0 Å². The Bertz CT molecular complexity index is 956. The molecule has 0 fully saturated rings. The molecule has 4 rings (SSSR count). The molecule has 0 spiro atoms. The van der Waals surface area contributed by atoms with Gasteiger partial charge in [0.05, 0.1) is 5.69 Å². The molecule has 106 valence electrons. The lowest BCUT2D eigenvalue weighted by Crippen LogP contribution is -1.92. The van der Waals surface area contributed by atoms with E-state index in [1.54, 1.807) is 10.8 Å². The zero-order valence-corrected chi connectivity index (χ0v) is 12.1. The Morgan fingerprint density at radius 2 is 1.86 bits per heavy atom. The smallest absolute Gasteiger partial charge is 0.155 e. The Morgan fingerprint density at radius 1 is 0.909 bits per heavy atom. The molecule has 0 saturated heterocycles. The second-order valence-electron chi connectivity index (χ2n) is 5.25. The lowest BCUT2D eigenvalue weighted by atomic mass is 9.99. The molecule has 0 aliphatic carbocycles. The maximum absolute atomic E-state index is 4.59. The van der Waals surface area contributed by atoms with Crippen LogP contribution in [-0.4, -0.2) is 19.6 Å². The molecular formula is C18H14N4. The van der Waals surface area contributed by atoms with Crippen LogP contribution < -0.4 is 0 Å². The van der Waals surface area contributed by atoms with Gasteiger partial charge >= 0.3 is 0 Å². The Balaban J connectivity index is 1.92. The number of benzene rings is 1. The average Bonchev–Trinajstić information content (AvgIpc) is 3.02. The van der Waals surface area contributed by atoms with Crippen LogP contribution in [0.15, 0.2) is 67.3 Å². The molecule has 0 unspecified atom stereocenters. The standard InChI is InChI=1S/C18H14N4/c1-13-4-2-5-14(10-13)18-16(6-3-9-19-18)15-7-8-17-20-12-21-22(17)11-15/h2-12H,1H3. The number of aromatic nitrogens is 4. The largest absolute Gasteiger partial charge is 0.256 e. The van der Waals surface area contributed by atoms with Crippen molar-refractivity contribution in [2.75, 3.05) is 0 Å². The fourth-order valence-corrected chi connectivity index (χ4v) is 2.64. The summed E-state index contributed by atoms with van der Waals surface area (Å²) in [6, 6.07) is 16.5. The number of aryl methyl sites for hydroxylation is 1. The Kier molecular flexibility index (Phi) is 2.93. The van der Waals surface area contributed by atoms with E-state index in [0.29, 0.717) is 0 Å². The van der Waals surface area contributed by atoms with Gasteiger partial charge in [0.1, 0.15) is 6.33 Å². The summed E-state index contributed by atoms with van der Waals surface area (Å²) >= 11 is 0. The second-order valence-corrected chi connectivity index (χ2v) is 5.25. The highest BCUT2D eigenvalue weighted by molar-refractivity contribution is 5.80. The molecule has 0 aliphatic heterocycles. The van der Waals surface area contributed by atoms with E-state index < -0.39 is 0 Å². The van der Waals surface area contributed by atoms with Crippen LogP contribution in [0, 0.1) is 6.92 Å². The molecular weight excluding hydrogens is 272 g/mol. The van der Waals surface area contributed by atoms with Gasteiger partial charge in [-0.2, -0.15) is 5.10 Å². The van der Waals surface area contributed by atoms with E-state index in [-0.39, 0.29) is 0 Å². The van der Waals surface area contributed by atoms with Gasteiger partial charge in [0.25, 0.3) is 0 Å². The SMILES string of the molecule is Cc1cccc(-c2ncccc2-c2ccc3ncnn3c2)c1. The van der Waals surface area contributed by atoms with Crippen LogP contribution in [0.3, 0.4) is 0 Å². The molecule has 22 heavy (non-hydrogen) atoms. The van der Waals surface area contributed by atoms with Gasteiger partial charge in [0.15, 0.2) is 5.65 Å². The van der Waals surface area contributed by atoms with Crippen LogP contribution in [0.2, 0.25) is 0 Å². The van der Waals surface area contributed by atoms with E-state index >= 15 is 0 Å². The highest BCUT2D eigenvalue weighted by atomic mass is 15.3. The third-order valence-electron chi connectivity index (χ3n) is 3.68. The van der Waals surface area contributed by atoms with Crippen molar-refractivity contribution >= 4 is 5.65 Å². The zero-order valence-electron chi connectivity index (χ0n) is 12.1. The molecule has 0 N–H and O–H groups in total. The fourth-order valence-electron chi connectivity index (χ4n) is 2.64. The lowest BCUT2D eigenvalue weighted by Gasteiger charge is -2.09. The summed E-state index contributed by atoms with van der Waals surface area (Å²) in [5.74, 6) is 0. The van der Waals surface area contributed by atoms with Gasteiger partial charge in [-0.25, -0.2) is 9.50 Å². The number of hydrogen-bond acceptors (Lipinski definition) is 3. The second kappa shape index (κ2) is 5.07. The maximum atomic E-state index is 4.59. The van der Waals surface area contributed by atoms with Crippen LogP contribution in [-0.2, 0) is 0 Å². The lowest BCUT2D eigenvalue weighted by molar-refractivity contribution is 0.962. The van der Waals surface area contributed by atoms with Gasteiger partial charge in [-0.05, 0) is 31.2 Å². The number of rotatable bonds is 2. The maximum Gasteiger partial charge on any atom is 0.155 e. The van der Waals surface area contributed by atoms with Crippen molar-refractivity contribution in [3.8, 4) is 22.4 Å². The van der Waals surface area contributed by atoms with E-state index in [0.717, 1.165) is 28.0 Å². The van der Waals surface area contributed by atoms with Gasteiger partial charge < -0.3 is 0 Å². The quantitative estimate of drug-likeness (QED) is 0.563. The fraction of sp³-hybridized carbons (Fsp3) is 0.0556. The van der Waals surface area contributed by atoms with Crippen LogP contribution in [0.5, 0.6) is 0 Å². The molecule has 0 saturated carbocycles. The first-order valence-corrected chi connectivity index (χ1v) is 7.13. The van der Waals surface area contributed by atoms with Gasteiger partial charge in [0, 0.05) is 29.1 Å².